The first kappa shape index (κ1) is 18.2. The number of rotatable bonds is 6. The summed E-state index contributed by atoms with van der Waals surface area (Å²) in [4.78, 5) is 22.9. The second-order valence-electron chi connectivity index (χ2n) is 7.31. The Morgan fingerprint density at radius 2 is 2.30 bits per heavy atom. The number of aromatic nitrogens is 2. The molecule has 5 nitrogen and oxygen atoms in total. The van der Waals surface area contributed by atoms with Gasteiger partial charge in [0.25, 0.3) is 5.91 Å². The number of nitrogens with one attached hydrogen (secondary N) is 2. The molecule has 142 valence electrons. The number of nitrogens with zero attached hydrogens (tertiary/aromatic N) is 2. The first-order valence-electron chi connectivity index (χ1n) is 9.73. The molecule has 27 heavy (non-hydrogen) atoms. The molecule has 2 N–H and O–H groups in total. The Morgan fingerprint density at radius 3 is 3.11 bits per heavy atom. The average molecular weight is 383 g/mol. The van der Waals surface area contributed by atoms with E-state index in [2.05, 4.69) is 32.5 Å². The van der Waals surface area contributed by atoms with Gasteiger partial charge in [0.1, 0.15) is 5.69 Å². The Hall–Kier alpha value is -2.18. The minimum atomic E-state index is -0.0181. The summed E-state index contributed by atoms with van der Waals surface area (Å²) in [6.45, 7) is 5.93. The zero-order valence-corrected chi connectivity index (χ0v) is 16.5. The molecule has 0 bridgehead atoms. The lowest BCUT2D eigenvalue weighted by Crippen LogP contribution is -2.40. The quantitative estimate of drug-likeness (QED) is 0.681. The van der Waals surface area contributed by atoms with Gasteiger partial charge in [0.15, 0.2) is 0 Å². The van der Waals surface area contributed by atoms with Gasteiger partial charge in [0, 0.05) is 35.9 Å². The molecule has 0 spiro atoms. The number of aromatic amines is 1. The maximum absolute atomic E-state index is 12.5. The maximum atomic E-state index is 12.5. The van der Waals surface area contributed by atoms with Crippen LogP contribution in [0.15, 0.2) is 35.7 Å². The predicted molar refractivity (Wildman–Crippen MR) is 110 cm³/mol. The van der Waals surface area contributed by atoms with Crippen LogP contribution in [0.3, 0.4) is 0 Å². The Balaban J connectivity index is 1.30. The highest BCUT2D eigenvalue weighted by Crippen LogP contribution is 2.20. The first-order chi connectivity index (χ1) is 13.2. The maximum Gasteiger partial charge on any atom is 0.267 e. The van der Waals surface area contributed by atoms with Crippen molar-refractivity contribution >= 4 is 28.1 Å². The van der Waals surface area contributed by atoms with E-state index >= 15 is 0 Å². The van der Waals surface area contributed by atoms with E-state index in [0.717, 1.165) is 43.5 Å². The molecule has 1 saturated heterocycles. The van der Waals surface area contributed by atoms with E-state index in [0.29, 0.717) is 11.6 Å². The second kappa shape index (κ2) is 8.23. The summed E-state index contributed by atoms with van der Waals surface area (Å²) in [6.07, 6.45) is 3.35. The number of para-hydroxylation sites is 1. The third-order valence-electron chi connectivity index (χ3n) is 5.22. The fourth-order valence-electron chi connectivity index (χ4n) is 3.80. The van der Waals surface area contributed by atoms with Crippen LogP contribution >= 0.6 is 11.3 Å². The summed E-state index contributed by atoms with van der Waals surface area (Å²) in [6, 6.07) is 9.90. The molecule has 1 amide bonds. The number of aryl methyl sites for hydroxylation is 1. The number of likely N-dealkylation sites (tertiary alicyclic amines) is 1. The molecule has 3 aromatic rings. The summed E-state index contributed by atoms with van der Waals surface area (Å²) in [7, 11) is 0. The molecule has 1 fully saturated rings. The molecule has 3 heterocycles. The van der Waals surface area contributed by atoms with Gasteiger partial charge < -0.3 is 10.3 Å². The lowest BCUT2D eigenvalue weighted by Gasteiger charge is -2.32. The number of hydrogen-bond acceptors (Lipinski definition) is 4. The van der Waals surface area contributed by atoms with Crippen LogP contribution in [0.2, 0.25) is 0 Å². The van der Waals surface area contributed by atoms with E-state index in [1.54, 1.807) is 11.3 Å². The van der Waals surface area contributed by atoms with E-state index in [1.807, 2.05) is 30.3 Å². The molecular weight excluding hydrogens is 356 g/mol. The van der Waals surface area contributed by atoms with E-state index in [9.17, 15) is 4.79 Å². The summed E-state index contributed by atoms with van der Waals surface area (Å²) in [5.74, 6) is 0.478. The van der Waals surface area contributed by atoms with Gasteiger partial charge in [-0.3, -0.25) is 9.69 Å². The zero-order valence-electron chi connectivity index (χ0n) is 15.7. The molecule has 2 aromatic heterocycles. The molecule has 0 unspecified atom stereocenters. The smallest absolute Gasteiger partial charge is 0.267 e. The van der Waals surface area contributed by atoms with Crippen molar-refractivity contribution < 1.29 is 4.79 Å². The van der Waals surface area contributed by atoms with Gasteiger partial charge in [-0.15, -0.1) is 11.3 Å². The number of benzene rings is 1. The lowest BCUT2D eigenvalue weighted by molar-refractivity contribution is 0.0926. The number of hydrogen-bond donors (Lipinski definition) is 2. The van der Waals surface area contributed by atoms with E-state index in [4.69, 9.17) is 0 Å². The second-order valence-corrected chi connectivity index (χ2v) is 8.25. The van der Waals surface area contributed by atoms with Crippen molar-refractivity contribution in [3.63, 3.8) is 0 Å². The number of thiazole rings is 1. The fourth-order valence-corrected chi connectivity index (χ4v) is 4.54. The van der Waals surface area contributed by atoms with Gasteiger partial charge in [0.05, 0.1) is 10.7 Å². The normalized spacial score (nSPS) is 18.0. The van der Waals surface area contributed by atoms with Crippen molar-refractivity contribution in [3.8, 4) is 0 Å². The van der Waals surface area contributed by atoms with Crippen molar-refractivity contribution in [2.75, 3.05) is 19.6 Å². The fraction of sp³-hybridized carbons (Fsp3) is 0.429. The first-order valence-corrected chi connectivity index (χ1v) is 10.6. The molecule has 0 saturated carbocycles. The van der Waals surface area contributed by atoms with E-state index in [-0.39, 0.29) is 5.91 Å². The van der Waals surface area contributed by atoms with Gasteiger partial charge in [0.2, 0.25) is 0 Å². The summed E-state index contributed by atoms with van der Waals surface area (Å²) < 4.78 is 0. The van der Waals surface area contributed by atoms with Gasteiger partial charge >= 0.3 is 0 Å². The predicted octanol–water partition coefficient (Wildman–Crippen LogP) is 3.83. The SMILES string of the molecule is CCc1nc(CN2CCC[C@@H](CNC(=O)c3cc4ccccc4[nH]3)C2)cs1. The molecule has 1 aliphatic rings. The van der Waals surface area contributed by atoms with Crippen molar-refractivity contribution in [2.45, 2.75) is 32.7 Å². The molecule has 0 radical (unpaired) electrons. The van der Waals surface area contributed by atoms with E-state index < -0.39 is 0 Å². The van der Waals surface area contributed by atoms with Crippen LogP contribution in [0.25, 0.3) is 10.9 Å². The van der Waals surface area contributed by atoms with Crippen LogP contribution in [0.4, 0.5) is 0 Å². The third-order valence-corrected chi connectivity index (χ3v) is 6.26. The van der Waals surface area contributed by atoms with Crippen LogP contribution in [-0.2, 0) is 13.0 Å². The highest BCUT2D eigenvalue weighted by atomic mass is 32.1. The number of carbonyl (C=O) groups excluding carboxylic acids is 1. The van der Waals surface area contributed by atoms with Gasteiger partial charge in [-0.1, -0.05) is 25.1 Å². The Morgan fingerprint density at radius 1 is 1.41 bits per heavy atom. The largest absolute Gasteiger partial charge is 0.351 e. The minimum absolute atomic E-state index is 0.0181. The standard InChI is InChI=1S/C21H26N4OS/c1-2-20-23-17(14-27-20)13-25-9-5-6-15(12-25)11-22-21(26)19-10-16-7-3-4-8-18(16)24-19/h3-4,7-8,10,14-15,24H,2,5-6,9,11-13H2,1H3,(H,22,26)/t15-/m0/s1. The molecular formula is C21H26N4OS. The Labute approximate surface area is 163 Å². The topological polar surface area (TPSA) is 61.0 Å². The Bertz CT molecular complexity index is 883. The summed E-state index contributed by atoms with van der Waals surface area (Å²) >= 11 is 1.75. The van der Waals surface area contributed by atoms with Crippen molar-refractivity contribution in [3.05, 3.63) is 52.1 Å². The zero-order chi connectivity index (χ0) is 18.6. The number of piperidine rings is 1. The van der Waals surface area contributed by atoms with Crippen LogP contribution in [0.5, 0.6) is 0 Å². The van der Waals surface area contributed by atoms with Gasteiger partial charge in [-0.2, -0.15) is 0 Å². The average Bonchev–Trinajstić information content (AvgIpc) is 3.33. The summed E-state index contributed by atoms with van der Waals surface area (Å²) in [5.41, 5.74) is 2.82. The summed E-state index contributed by atoms with van der Waals surface area (Å²) in [5, 5.41) is 7.58. The molecule has 6 heteroatoms. The monoisotopic (exact) mass is 382 g/mol. The molecule has 1 atom stereocenters. The highest BCUT2D eigenvalue weighted by Gasteiger charge is 2.21. The number of carbonyl (C=O) groups is 1. The molecule has 1 aromatic carbocycles. The van der Waals surface area contributed by atoms with E-state index in [1.165, 1.54) is 23.5 Å². The van der Waals surface area contributed by atoms with Crippen molar-refractivity contribution in [1.29, 1.82) is 0 Å². The van der Waals surface area contributed by atoms with Crippen molar-refractivity contribution in [2.24, 2.45) is 5.92 Å². The van der Waals surface area contributed by atoms with Gasteiger partial charge in [-0.05, 0) is 43.9 Å². The lowest BCUT2D eigenvalue weighted by atomic mass is 9.98. The van der Waals surface area contributed by atoms with Crippen LogP contribution in [0, 0.1) is 5.92 Å². The number of amides is 1. The highest BCUT2D eigenvalue weighted by molar-refractivity contribution is 7.09. The third kappa shape index (κ3) is 4.39. The molecule has 4 rings (SSSR count). The number of fused-ring (bicyclic) bond motifs is 1. The minimum Gasteiger partial charge on any atom is -0.351 e. The van der Waals surface area contributed by atoms with Gasteiger partial charge in [-0.25, -0.2) is 4.98 Å². The van der Waals surface area contributed by atoms with Crippen LogP contribution in [0.1, 0.15) is 41.0 Å². The van der Waals surface area contributed by atoms with Crippen LogP contribution in [-0.4, -0.2) is 40.4 Å². The molecule has 1 aliphatic heterocycles. The molecule has 0 aliphatic carbocycles. The van der Waals surface area contributed by atoms with Crippen LogP contribution < -0.4 is 5.32 Å². The number of H-pyrrole nitrogens is 1. The Kier molecular flexibility index (Phi) is 5.55. The van der Waals surface area contributed by atoms with Crippen molar-refractivity contribution in [1.82, 2.24) is 20.2 Å².